The van der Waals surface area contributed by atoms with Gasteiger partial charge in [0.2, 0.25) is 0 Å². The van der Waals surface area contributed by atoms with E-state index in [1.54, 1.807) is 18.2 Å². The molecule has 0 aliphatic rings. The van der Waals surface area contributed by atoms with E-state index in [-0.39, 0.29) is 13.2 Å². The third kappa shape index (κ3) is 1.47. The summed E-state index contributed by atoms with van der Waals surface area (Å²) >= 11 is 0. The Morgan fingerprint density at radius 1 is 1.36 bits per heavy atom. The number of fused-ring (bicyclic) bond motifs is 1. The lowest BCUT2D eigenvalue weighted by Gasteiger charge is -2.02. The Morgan fingerprint density at radius 3 is 3.00 bits per heavy atom. The monoisotopic (exact) mass is 195 g/mol. The number of hydrogen-bond acceptors (Lipinski definition) is 5. The van der Waals surface area contributed by atoms with Crippen molar-refractivity contribution in [3.63, 3.8) is 0 Å². The van der Waals surface area contributed by atoms with Gasteiger partial charge in [0, 0.05) is 0 Å². The zero-order valence-electron chi connectivity index (χ0n) is 7.29. The predicted molar refractivity (Wildman–Crippen MR) is 47.3 cm³/mol. The quantitative estimate of drug-likeness (QED) is 0.676. The third-order valence-electron chi connectivity index (χ3n) is 1.71. The molecule has 6 nitrogen and oxygen atoms in total. The lowest BCUT2D eigenvalue weighted by Crippen LogP contribution is -2.02. The predicted octanol–water partition coefficient (Wildman–Crippen LogP) is 0.0397. The topological polar surface area (TPSA) is 80.4 Å². The molecule has 6 heteroatoms. The second-order valence-electron chi connectivity index (χ2n) is 2.66. The van der Waals surface area contributed by atoms with Crippen molar-refractivity contribution in [1.82, 2.24) is 15.2 Å². The van der Waals surface area contributed by atoms with Crippen LogP contribution >= 0.6 is 0 Å². The van der Waals surface area contributed by atoms with Crippen molar-refractivity contribution in [2.24, 2.45) is 0 Å². The maximum Gasteiger partial charge on any atom is 0.158 e. The van der Waals surface area contributed by atoms with E-state index < -0.39 is 0 Å². The van der Waals surface area contributed by atoms with Crippen LogP contribution in [0.25, 0.3) is 11.0 Å². The lowest BCUT2D eigenvalue weighted by molar-refractivity contribution is 0.113. The van der Waals surface area contributed by atoms with Crippen LogP contribution < -0.4 is 4.74 Å². The summed E-state index contributed by atoms with van der Waals surface area (Å²) in [5, 5.41) is 25.0. The Kier molecular flexibility index (Phi) is 2.19. The number of aliphatic hydroxyl groups excluding tert-OH is 1. The summed E-state index contributed by atoms with van der Waals surface area (Å²) in [6.07, 6.45) is 0. The first kappa shape index (κ1) is 8.76. The first-order valence-electron chi connectivity index (χ1n) is 4.10. The highest BCUT2D eigenvalue weighted by Crippen LogP contribution is 2.21. The van der Waals surface area contributed by atoms with E-state index in [2.05, 4.69) is 10.2 Å². The van der Waals surface area contributed by atoms with E-state index in [9.17, 15) is 0 Å². The molecule has 0 fully saturated rings. The highest BCUT2D eigenvalue weighted by Gasteiger charge is 2.07. The summed E-state index contributed by atoms with van der Waals surface area (Å²) in [7, 11) is 0. The molecule has 0 unspecified atom stereocenters. The van der Waals surface area contributed by atoms with Crippen LogP contribution in [-0.2, 0) is 0 Å². The number of nitrogens with zero attached hydrogens (tertiary/aromatic N) is 3. The van der Waals surface area contributed by atoms with Gasteiger partial charge in [0.1, 0.15) is 17.9 Å². The molecule has 1 aromatic heterocycles. The molecule has 0 saturated heterocycles. The molecule has 14 heavy (non-hydrogen) atoms. The number of rotatable bonds is 3. The fraction of sp³-hybridized carbons (Fsp3) is 0.250. The number of aliphatic hydroxyl groups is 1. The Bertz CT molecular complexity index is 440. The van der Waals surface area contributed by atoms with Crippen LogP contribution in [0.4, 0.5) is 0 Å². The Hall–Kier alpha value is -1.82. The van der Waals surface area contributed by atoms with Crippen LogP contribution in [0.2, 0.25) is 0 Å². The van der Waals surface area contributed by atoms with Gasteiger partial charge >= 0.3 is 0 Å². The van der Waals surface area contributed by atoms with Crippen molar-refractivity contribution in [3.8, 4) is 5.75 Å². The average Bonchev–Trinajstić information content (AvgIpc) is 2.55. The second-order valence-corrected chi connectivity index (χ2v) is 2.66. The molecule has 0 atom stereocenters. The number of aromatic nitrogens is 3. The normalized spacial score (nSPS) is 10.6. The molecule has 74 valence electrons. The average molecular weight is 195 g/mol. The van der Waals surface area contributed by atoms with E-state index in [4.69, 9.17) is 15.1 Å². The van der Waals surface area contributed by atoms with Gasteiger partial charge in [-0.05, 0) is 17.1 Å². The smallest absolute Gasteiger partial charge is 0.158 e. The first-order chi connectivity index (χ1) is 6.81. The largest absolute Gasteiger partial charge is 0.489 e. The molecule has 0 saturated carbocycles. The summed E-state index contributed by atoms with van der Waals surface area (Å²) < 4.78 is 5.20. The minimum atomic E-state index is -0.0658. The van der Waals surface area contributed by atoms with Crippen LogP contribution in [0.1, 0.15) is 0 Å². The van der Waals surface area contributed by atoms with E-state index in [1.807, 2.05) is 0 Å². The Balaban J connectivity index is 2.42. The highest BCUT2D eigenvalue weighted by atomic mass is 16.5. The van der Waals surface area contributed by atoms with Crippen molar-refractivity contribution < 1.29 is 15.1 Å². The molecule has 2 N–H and O–H groups in total. The number of benzene rings is 1. The molecule has 0 aliphatic carbocycles. The molecule has 1 heterocycles. The van der Waals surface area contributed by atoms with Crippen molar-refractivity contribution in [1.29, 1.82) is 0 Å². The second kappa shape index (κ2) is 3.51. The van der Waals surface area contributed by atoms with Gasteiger partial charge in [-0.1, -0.05) is 6.07 Å². The van der Waals surface area contributed by atoms with E-state index in [0.717, 1.165) is 0 Å². The van der Waals surface area contributed by atoms with E-state index in [1.165, 1.54) is 0 Å². The SMILES string of the molecule is OCCOc1cccc2nn(O)nc12. The molecule has 0 amide bonds. The van der Waals surface area contributed by atoms with Gasteiger partial charge in [0.15, 0.2) is 5.52 Å². The minimum absolute atomic E-state index is 0.0658. The van der Waals surface area contributed by atoms with E-state index in [0.29, 0.717) is 21.7 Å². The van der Waals surface area contributed by atoms with Gasteiger partial charge in [-0.2, -0.15) is 0 Å². The molecule has 2 aromatic rings. The van der Waals surface area contributed by atoms with Crippen LogP contribution in [-0.4, -0.2) is 38.7 Å². The van der Waals surface area contributed by atoms with Gasteiger partial charge in [-0.3, -0.25) is 0 Å². The van der Waals surface area contributed by atoms with Crippen molar-refractivity contribution in [3.05, 3.63) is 18.2 Å². The summed E-state index contributed by atoms with van der Waals surface area (Å²) in [5.41, 5.74) is 1.02. The van der Waals surface area contributed by atoms with Gasteiger partial charge < -0.3 is 15.1 Å². The van der Waals surface area contributed by atoms with Gasteiger partial charge in [0.25, 0.3) is 0 Å². The highest BCUT2D eigenvalue weighted by molar-refractivity contribution is 5.80. The van der Waals surface area contributed by atoms with Gasteiger partial charge in [-0.25, -0.2) is 0 Å². The van der Waals surface area contributed by atoms with Crippen molar-refractivity contribution in [2.75, 3.05) is 13.2 Å². The molecule has 0 aliphatic heterocycles. The molecule has 2 rings (SSSR count). The summed E-state index contributed by atoms with van der Waals surface area (Å²) in [6, 6.07) is 5.15. The van der Waals surface area contributed by atoms with Crippen LogP contribution in [0.3, 0.4) is 0 Å². The zero-order chi connectivity index (χ0) is 9.97. The summed E-state index contributed by atoms with van der Waals surface area (Å²) in [5.74, 6) is 0.497. The van der Waals surface area contributed by atoms with Crippen molar-refractivity contribution in [2.45, 2.75) is 0 Å². The summed E-state index contributed by atoms with van der Waals surface area (Å²) in [4.78, 5) is 0.497. The number of hydrogen-bond donors (Lipinski definition) is 2. The summed E-state index contributed by atoms with van der Waals surface area (Å²) in [6.45, 7) is 0.126. The zero-order valence-corrected chi connectivity index (χ0v) is 7.29. The van der Waals surface area contributed by atoms with E-state index >= 15 is 0 Å². The third-order valence-corrected chi connectivity index (χ3v) is 1.71. The molecule has 1 aromatic carbocycles. The maximum atomic E-state index is 9.00. The Labute approximate surface area is 79.3 Å². The maximum absolute atomic E-state index is 9.00. The standard InChI is InChI=1S/C8H9N3O3/c12-4-5-14-7-3-1-2-6-8(7)10-11(13)9-6/h1-3,12-13H,4-5H2. The van der Waals surface area contributed by atoms with Crippen molar-refractivity contribution >= 4 is 11.0 Å². The number of ether oxygens (including phenoxy) is 1. The molecule has 0 bridgehead atoms. The fourth-order valence-corrected chi connectivity index (χ4v) is 1.17. The fourth-order valence-electron chi connectivity index (χ4n) is 1.17. The van der Waals surface area contributed by atoms with Crippen LogP contribution in [0, 0.1) is 0 Å². The first-order valence-corrected chi connectivity index (χ1v) is 4.10. The molecule has 0 spiro atoms. The van der Waals surface area contributed by atoms with Gasteiger partial charge in [0.05, 0.1) is 6.61 Å². The van der Waals surface area contributed by atoms with Crippen LogP contribution in [0.15, 0.2) is 18.2 Å². The minimum Gasteiger partial charge on any atom is -0.489 e. The Morgan fingerprint density at radius 2 is 2.21 bits per heavy atom. The van der Waals surface area contributed by atoms with Gasteiger partial charge in [-0.15, -0.1) is 10.2 Å². The molecular formula is C8H9N3O3. The lowest BCUT2D eigenvalue weighted by atomic mass is 10.3. The molecule has 0 radical (unpaired) electrons. The molecular weight excluding hydrogens is 186 g/mol. The van der Waals surface area contributed by atoms with Crippen LogP contribution in [0.5, 0.6) is 5.75 Å².